The fourth-order valence-corrected chi connectivity index (χ4v) is 1.30. The lowest BCUT2D eigenvalue weighted by Crippen LogP contribution is -2.11. The lowest BCUT2D eigenvalue weighted by molar-refractivity contribution is -0.282. The lowest BCUT2D eigenvalue weighted by Gasteiger charge is -2.08. The Morgan fingerprint density at radius 1 is 1.28 bits per heavy atom. The second kappa shape index (κ2) is 10.7. The van der Waals surface area contributed by atoms with Gasteiger partial charge in [0.2, 0.25) is 0 Å². The van der Waals surface area contributed by atoms with E-state index in [2.05, 4.69) is 4.89 Å². The van der Waals surface area contributed by atoms with Crippen LogP contribution >= 0.6 is 0 Å². The lowest BCUT2D eigenvalue weighted by atomic mass is 10.1. The molecular formula is C13H20O5. The normalized spacial score (nSPS) is 11.3. The van der Waals surface area contributed by atoms with Gasteiger partial charge in [-0.25, -0.2) is 9.68 Å². The summed E-state index contributed by atoms with van der Waals surface area (Å²) in [5, 5.41) is 25.0. The van der Waals surface area contributed by atoms with Crippen molar-refractivity contribution in [2.24, 2.45) is 0 Å². The van der Waals surface area contributed by atoms with Gasteiger partial charge < -0.3 is 10.2 Å². The third-order valence-corrected chi connectivity index (χ3v) is 2.23. The van der Waals surface area contributed by atoms with Crippen LogP contribution in [0.3, 0.4) is 0 Å². The van der Waals surface area contributed by atoms with Crippen LogP contribution in [-0.4, -0.2) is 34.2 Å². The number of hydrogen-bond donors (Lipinski definition) is 3. The Balaban J connectivity index is 0.000000321. The minimum Gasteiger partial charge on any atom is -0.478 e. The summed E-state index contributed by atoms with van der Waals surface area (Å²) >= 11 is 0. The second-order valence-electron chi connectivity index (χ2n) is 3.70. The van der Waals surface area contributed by atoms with Crippen LogP contribution in [0.1, 0.15) is 36.5 Å². The fourth-order valence-electron chi connectivity index (χ4n) is 1.30. The maximum Gasteiger partial charge on any atom is 0.335 e. The quantitative estimate of drug-likeness (QED) is 0.537. The van der Waals surface area contributed by atoms with E-state index >= 15 is 0 Å². The van der Waals surface area contributed by atoms with E-state index < -0.39 is 5.97 Å². The number of rotatable bonds is 6. The molecule has 0 bridgehead atoms. The molecule has 0 spiro atoms. The fraction of sp³-hybridized carbons (Fsp3) is 0.462. The predicted octanol–water partition coefficient (Wildman–Crippen LogP) is 2.41. The van der Waals surface area contributed by atoms with Gasteiger partial charge in [0.15, 0.2) is 0 Å². The Morgan fingerprint density at radius 3 is 2.22 bits per heavy atom. The summed E-state index contributed by atoms with van der Waals surface area (Å²) in [5.41, 5.74) is 0.331. The van der Waals surface area contributed by atoms with Crippen molar-refractivity contribution in [3.05, 3.63) is 35.9 Å². The third kappa shape index (κ3) is 7.78. The first kappa shape index (κ1) is 16.6. The highest BCUT2D eigenvalue weighted by Gasteiger charge is 2.04. The Morgan fingerprint density at radius 2 is 1.89 bits per heavy atom. The number of carboxylic acids is 1. The van der Waals surface area contributed by atoms with Gasteiger partial charge in [-0.15, -0.1) is 0 Å². The Hall–Kier alpha value is -1.43. The van der Waals surface area contributed by atoms with Crippen LogP contribution in [0.4, 0.5) is 0 Å². The zero-order valence-electron chi connectivity index (χ0n) is 10.5. The molecule has 0 heterocycles. The van der Waals surface area contributed by atoms with E-state index in [1.54, 1.807) is 30.3 Å². The summed E-state index contributed by atoms with van der Waals surface area (Å²) in [4.78, 5) is 14.3. The molecule has 0 aromatic heterocycles. The predicted molar refractivity (Wildman–Crippen MR) is 67.5 cm³/mol. The topological polar surface area (TPSA) is 87.0 Å². The molecule has 0 aliphatic carbocycles. The van der Waals surface area contributed by atoms with Gasteiger partial charge in [-0.1, -0.05) is 31.5 Å². The first-order valence-electron chi connectivity index (χ1n) is 5.85. The molecule has 1 aromatic carbocycles. The highest BCUT2D eigenvalue weighted by molar-refractivity contribution is 5.87. The average Bonchev–Trinajstić information content (AvgIpc) is 2.40. The molecule has 0 saturated carbocycles. The van der Waals surface area contributed by atoms with Crippen LogP contribution in [-0.2, 0) is 4.89 Å². The molecular weight excluding hydrogens is 236 g/mol. The first-order valence-corrected chi connectivity index (χ1v) is 5.85. The summed E-state index contributed by atoms with van der Waals surface area (Å²) in [6.45, 7) is 2.08. The van der Waals surface area contributed by atoms with Crippen LogP contribution in [0, 0.1) is 0 Å². The molecule has 0 aliphatic rings. The van der Waals surface area contributed by atoms with E-state index in [1.807, 2.05) is 6.92 Å². The van der Waals surface area contributed by atoms with Crippen LogP contribution in [0.25, 0.3) is 0 Å². The van der Waals surface area contributed by atoms with Gasteiger partial charge in [-0.05, 0) is 25.0 Å². The zero-order chi connectivity index (χ0) is 13.8. The molecule has 1 atom stereocenters. The summed E-state index contributed by atoms with van der Waals surface area (Å²) in [7, 11) is 0. The van der Waals surface area contributed by atoms with Crippen LogP contribution < -0.4 is 0 Å². The molecule has 5 heteroatoms. The van der Waals surface area contributed by atoms with E-state index in [-0.39, 0.29) is 12.7 Å². The third-order valence-electron chi connectivity index (χ3n) is 2.23. The molecule has 5 nitrogen and oxygen atoms in total. The largest absolute Gasteiger partial charge is 0.478 e. The molecule has 0 amide bonds. The number of aliphatic hydroxyl groups is 1. The Bertz CT molecular complexity index is 306. The summed E-state index contributed by atoms with van der Waals surface area (Å²) in [5.74, 6) is -0.879. The molecule has 1 unspecified atom stereocenters. The number of carboxylic acid groups (broad SMARTS) is 1. The van der Waals surface area contributed by atoms with Crippen LogP contribution in [0.2, 0.25) is 0 Å². The number of hydrogen-bond acceptors (Lipinski definition) is 4. The first-order chi connectivity index (χ1) is 8.65. The van der Waals surface area contributed by atoms with E-state index in [1.165, 1.54) is 0 Å². The van der Waals surface area contributed by atoms with Gasteiger partial charge in [0.05, 0.1) is 11.7 Å². The van der Waals surface area contributed by atoms with Crippen molar-refractivity contribution in [2.75, 3.05) is 6.61 Å². The van der Waals surface area contributed by atoms with Crippen molar-refractivity contribution < 1.29 is 25.2 Å². The molecule has 102 valence electrons. The maximum atomic E-state index is 10.2. The second-order valence-corrected chi connectivity index (χ2v) is 3.70. The van der Waals surface area contributed by atoms with Gasteiger partial charge in [0.25, 0.3) is 0 Å². The average molecular weight is 256 g/mol. The molecule has 3 N–H and O–H groups in total. The molecule has 0 radical (unpaired) electrons. The summed E-state index contributed by atoms with van der Waals surface area (Å²) in [6.07, 6.45) is 2.10. The minimum absolute atomic E-state index is 0.0746. The van der Waals surface area contributed by atoms with Crippen molar-refractivity contribution in [1.82, 2.24) is 0 Å². The van der Waals surface area contributed by atoms with Crippen molar-refractivity contribution >= 4 is 5.97 Å². The van der Waals surface area contributed by atoms with E-state index in [4.69, 9.17) is 15.5 Å². The van der Waals surface area contributed by atoms with Gasteiger partial charge in [-0.3, -0.25) is 5.26 Å². The van der Waals surface area contributed by atoms with Gasteiger partial charge in [0, 0.05) is 6.61 Å². The van der Waals surface area contributed by atoms with E-state index in [9.17, 15) is 4.79 Å². The van der Waals surface area contributed by atoms with Crippen molar-refractivity contribution in [3.8, 4) is 0 Å². The molecule has 1 rings (SSSR count). The Labute approximate surface area is 107 Å². The highest BCUT2D eigenvalue weighted by Crippen LogP contribution is 2.03. The number of benzene rings is 1. The molecule has 1 aromatic rings. The summed E-state index contributed by atoms with van der Waals surface area (Å²) in [6, 6.07) is 8.30. The molecule has 0 saturated heterocycles. The standard InChI is InChI=1S/C7H6O2.C6H14O3/c8-7(9)6-4-2-1-3-5-6;1-2-3-6(9-8)4-5-7/h1-5H,(H,8,9);6-8H,2-5H2,1H3. The number of aliphatic hydroxyl groups excluding tert-OH is 1. The zero-order valence-corrected chi connectivity index (χ0v) is 10.5. The van der Waals surface area contributed by atoms with E-state index in [0.717, 1.165) is 12.8 Å². The number of carbonyl (C=O) groups is 1. The van der Waals surface area contributed by atoms with E-state index in [0.29, 0.717) is 12.0 Å². The SMILES string of the molecule is CCCC(CCO)OO.O=C(O)c1ccccc1. The van der Waals surface area contributed by atoms with Crippen molar-refractivity contribution in [3.63, 3.8) is 0 Å². The highest BCUT2D eigenvalue weighted by atomic mass is 17.1. The van der Waals surface area contributed by atoms with Crippen LogP contribution in [0.5, 0.6) is 0 Å². The maximum absolute atomic E-state index is 10.2. The van der Waals surface area contributed by atoms with Gasteiger partial charge >= 0.3 is 5.97 Å². The van der Waals surface area contributed by atoms with Gasteiger partial charge in [0.1, 0.15) is 0 Å². The van der Waals surface area contributed by atoms with Gasteiger partial charge in [-0.2, -0.15) is 0 Å². The summed E-state index contributed by atoms with van der Waals surface area (Å²) < 4.78 is 0. The minimum atomic E-state index is -0.879. The Kier molecular flexibility index (Phi) is 9.86. The van der Waals surface area contributed by atoms with Crippen molar-refractivity contribution in [2.45, 2.75) is 32.3 Å². The van der Waals surface area contributed by atoms with Crippen LogP contribution in [0.15, 0.2) is 30.3 Å². The molecule has 18 heavy (non-hydrogen) atoms. The molecule has 0 fully saturated rings. The smallest absolute Gasteiger partial charge is 0.335 e. The number of aromatic carboxylic acids is 1. The monoisotopic (exact) mass is 256 g/mol. The molecule has 0 aliphatic heterocycles. The van der Waals surface area contributed by atoms with Crippen molar-refractivity contribution in [1.29, 1.82) is 0 Å².